The molecule has 0 saturated heterocycles. The lowest BCUT2D eigenvalue weighted by Gasteiger charge is -2.32. The molecule has 0 saturated carbocycles. The zero-order valence-corrected chi connectivity index (χ0v) is 19.3. The Labute approximate surface area is 178 Å². The number of carbonyl (C=O) groups excluding carboxylic acids is 1. The molecule has 3 N–H and O–H groups in total. The van der Waals surface area contributed by atoms with Crippen LogP contribution in [-0.4, -0.2) is 19.0 Å². The van der Waals surface area contributed by atoms with Crippen molar-refractivity contribution in [2.24, 2.45) is 11.1 Å². The summed E-state index contributed by atoms with van der Waals surface area (Å²) in [6.45, 7) is 12.5. The molecule has 0 unspecified atom stereocenters. The number of allylic oxidation sites excluding steroid dienone is 9. The van der Waals surface area contributed by atoms with Gasteiger partial charge in [0.1, 0.15) is 0 Å². The first-order valence-electron chi connectivity index (χ1n) is 11.2. The van der Waals surface area contributed by atoms with Crippen LogP contribution in [0.3, 0.4) is 0 Å². The first-order chi connectivity index (χ1) is 13.8. The minimum Gasteiger partial charge on any atom is -0.353 e. The Hall–Kier alpha value is -1.87. The number of carbonyl (C=O) groups is 1. The molecule has 0 aromatic carbocycles. The first-order valence-corrected chi connectivity index (χ1v) is 11.2. The molecule has 0 radical (unpaired) electrons. The van der Waals surface area contributed by atoms with Crippen LogP contribution >= 0.6 is 0 Å². The van der Waals surface area contributed by atoms with Crippen molar-refractivity contribution in [3.05, 3.63) is 58.7 Å². The molecular formula is C26H42N2O. The second-order valence-electron chi connectivity index (χ2n) is 8.92. The van der Waals surface area contributed by atoms with Gasteiger partial charge in [-0.15, -0.1) is 0 Å². The number of hydrogen-bond donors (Lipinski definition) is 2. The van der Waals surface area contributed by atoms with Crippen LogP contribution in [0.25, 0.3) is 0 Å². The average molecular weight is 399 g/mol. The van der Waals surface area contributed by atoms with Crippen molar-refractivity contribution in [3.8, 4) is 0 Å². The fourth-order valence-corrected chi connectivity index (χ4v) is 3.77. The Morgan fingerprint density at radius 1 is 1.10 bits per heavy atom. The van der Waals surface area contributed by atoms with Gasteiger partial charge in [-0.25, -0.2) is 0 Å². The molecule has 0 aromatic rings. The minimum absolute atomic E-state index is 0.0199. The summed E-state index contributed by atoms with van der Waals surface area (Å²) in [5.41, 5.74) is 10.9. The van der Waals surface area contributed by atoms with E-state index < -0.39 is 0 Å². The monoisotopic (exact) mass is 398 g/mol. The van der Waals surface area contributed by atoms with Crippen molar-refractivity contribution >= 4 is 5.91 Å². The van der Waals surface area contributed by atoms with Crippen molar-refractivity contribution in [2.45, 2.75) is 79.6 Å². The van der Waals surface area contributed by atoms with Gasteiger partial charge < -0.3 is 11.1 Å². The van der Waals surface area contributed by atoms with E-state index in [0.717, 1.165) is 44.3 Å². The topological polar surface area (TPSA) is 55.1 Å². The van der Waals surface area contributed by atoms with Gasteiger partial charge in [-0.2, -0.15) is 0 Å². The van der Waals surface area contributed by atoms with E-state index in [1.165, 1.54) is 36.0 Å². The lowest BCUT2D eigenvalue weighted by atomic mass is 9.72. The normalized spacial score (nSPS) is 18.1. The number of nitrogens with two attached hydrogens (primary N) is 1. The number of unbranched alkanes of at least 4 members (excludes halogenated alkanes) is 3. The summed E-state index contributed by atoms with van der Waals surface area (Å²) in [5.74, 6) is -0.0199. The van der Waals surface area contributed by atoms with Crippen LogP contribution in [0.5, 0.6) is 0 Å². The molecule has 0 spiro atoms. The third-order valence-corrected chi connectivity index (χ3v) is 5.56. The Bertz CT molecular complexity index is 675. The molecule has 1 aliphatic rings. The molecule has 1 aliphatic carbocycles. The predicted octanol–water partition coefficient (Wildman–Crippen LogP) is 6.15. The summed E-state index contributed by atoms with van der Waals surface area (Å²) >= 11 is 0. The highest BCUT2D eigenvalue weighted by molar-refractivity contribution is 5.88. The standard InChI is InChI=1S/C26H42N2O/c1-21(15-16-24-23(3)14-11-17-26(24,4)5)12-10-13-22(2)20-25(29)28-19-9-7-6-8-18-27/h10,12-13,15-16,20H,6-9,11,14,17-19,27H2,1-5H3,(H,28,29)/b13-10+,16-15+,21-12+,22-20+. The van der Waals surface area contributed by atoms with Crippen molar-refractivity contribution in [3.63, 3.8) is 0 Å². The Kier molecular flexibility index (Phi) is 11.6. The van der Waals surface area contributed by atoms with Crippen molar-refractivity contribution in [1.29, 1.82) is 0 Å². The van der Waals surface area contributed by atoms with Gasteiger partial charge in [-0.3, -0.25) is 4.79 Å². The van der Waals surface area contributed by atoms with E-state index in [0.29, 0.717) is 0 Å². The van der Waals surface area contributed by atoms with Gasteiger partial charge in [0, 0.05) is 12.6 Å². The molecule has 29 heavy (non-hydrogen) atoms. The molecule has 0 heterocycles. The number of amides is 1. The highest BCUT2D eigenvalue weighted by Gasteiger charge is 2.26. The Morgan fingerprint density at radius 3 is 2.52 bits per heavy atom. The van der Waals surface area contributed by atoms with Crippen LogP contribution in [0.2, 0.25) is 0 Å². The van der Waals surface area contributed by atoms with E-state index in [-0.39, 0.29) is 11.3 Å². The molecular weight excluding hydrogens is 356 g/mol. The maximum Gasteiger partial charge on any atom is 0.244 e. The molecule has 3 nitrogen and oxygen atoms in total. The van der Waals surface area contributed by atoms with E-state index in [1.54, 1.807) is 6.08 Å². The minimum atomic E-state index is -0.0199. The quantitative estimate of drug-likeness (QED) is 0.249. The third-order valence-electron chi connectivity index (χ3n) is 5.56. The summed E-state index contributed by atoms with van der Waals surface area (Å²) in [6, 6.07) is 0. The zero-order valence-electron chi connectivity index (χ0n) is 19.3. The summed E-state index contributed by atoms with van der Waals surface area (Å²) in [7, 11) is 0. The maximum atomic E-state index is 11.9. The van der Waals surface area contributed by atoms with Crippen molar-refractivity contribution in [2.75, 3.05) is 13.1 Å². The van der Waals surface area contributed by atoms with E-state index in [9.17, 15) is 4.79 Å². The van der Waals surface area contributed by atoms with Gasteiger partial charge in [0.2, 0.25) is 5.91 Å². The second-order valence-corrected chi connectivity index (χ2v) is 8.92. The lowest BCUT2D eigenvalue weighted by Crippen LogP contribution is -2.22. The van der Waals surface area contributed by atoms with Crippen LogP contribution in [-0.2, 0) is 4.79 Å². The fraction of sp³-hybridized carbons (Fsp3) is 0.577. The molecule has 1 rings (SSSR count). The molecule has 3 heteroatoms. The smallest absolute Gasteiger partial charge is 0.244 e. The molecule has 0 atom stereocenters. The summed E-state index contributed by atoms with van der Waals surface area (Å²) in [6.07, 6.45) is 20.3. The fourth-order valence-electron chi connectivity index (χ4n) is 3.77. The number of nitrogens with one attached hydrogen (secondary N) is 1. The van der Waals surface area contributed by atoms with E-state index in [4.69, 9.17) is 5.73 Å². The summed E-state index contributed by atoms with van der Waals surface area (Å²) in [5, 5.41) is 2.95. The lowest BCUT2D eigenvalue weighted by molar-refractivity contribution is -0.116. The maximum absolute atomic E-state index is 11.9. The largest absolute Gasteiger partial charge is 0.353 e. The Morgan fingerprint density at radius 2 is 1.83 bits per heavy atom. The van der Waals surface area contributed by atoms with E-state index in [1.807, 2.05) is 19.1 Å². The van der Waals surface area contributed by atoms with Gasteiger partial charge in [0.15, 0.2) is 0 Å². The molecule has 1 amide bonds. The van der Waals surface area contributed by atoms with Gasteiger partial charge in [-0.1, -0.05) is 68.2 Å². The van der Waals surface area contributed by atoms with Gasteiger partial charge in [0.05, 0.1) is 0 Å². The molecule has 0 fully saturated rings. The average Bonchev–Trinajstić information content (AvgIpc) is 2.63. The van der Waals surface area contributed by atoms with E-state index in [2.05, 4.69) is 51.2 Å². The highest BCUT2D eigenvalue weighted by atomic mass is 16.1. The van der Waals surface area contributed by atoms with Crippen LogP contribution in [0, 0.1) is 5.41 Å². The number of rotatable bonds is 11. The van der Waals surface area contributed by atoms with Gasteiger partial charge in [-0.05, 0) is 76.0 Å². The summed E-state index contributed by atoms with van der Waals surface area (Å²) < 4.78 is 0. The first kappa shape index (κ1) is 25.2. The van der Waals surface area contributed by atoms with Crippen LogP contribution in [0.4, 0.5) is 0 Å². The Balaban J connectivity index is 2.50. The second kappa shape index (κ2) is 13.4. The third kappa shape index (κ3) is 10.5. The molecule has 0 aromatic heterocycles. The van der Waals surface area contributed by atoms with Crippen LogP contribution in [0.1, 0.15) is 79.6 Å². The van der Waals surface area contributed by atoms with Crippen LogP contribution < -0.4 is 11.1 Å². The SMILES string of the molecule is CC1=C(/C=C/C(C)=C/C=C/C(C)=C/C(=O)NCCCCCCN)C(C)(C)CCC1. The van der Waals surface area contributed by atoms with Crippen molar-refractivity contribution in [1.82, 2.24) is 5.32 Å². The summed E-state index contributed by atoms with van der Waals surface area (Å²) in [4.78, 5) is 11.9. The number of hydrogen-bond acceptors (Lipinski definition) is 2. The molecule has 162 valence electrons. The highest BCUT2D eigenvalue weighted by Crippen LogP contribution is 2.40. The molecule has 0 bridgehead atoms. The zero-order chi connectivity index (χ0) is 21.7. The van der Waals surface area contributed by atoms with Crippen LogP contribution in [0.15, 0.2) is 58.7 Å². The van der Waals surface area contributed by atoms with Gasteiger partial charge in [0.25, 0.3) is 0 Å². The molecule has 0 aliphatic heterocycles. The van der Waals surface area contributed by atoms with E-state index >= 15 is 0 Å². The predicted molar refractivity (Wildman–Crippen MR) is 127 cm³/mol. The van der Waals surface area contributed by atoms with Gasteiger partial charge >= 0.3 is 0 Å². The van der Waals surface area contributed by atoms with Crippen molar-refractivity contribution < 1.29 is 4.79 Å².